The van der Waals surface area contributed by atoms with Crippen molar-refractivity contribution in [3.8, 4) is 0 Å². The molecule has 1 radical (unpaired) electrons. The summed E-state index contributed by atoms with van der Waals surface area (Å²) in [7, 11) is 1.62. The highest BCUT2D eigenvalue weighted by Crippen LogP contribution is 2.24. The van der Waals surface area contributed by atoms with E-state index < -0.39 is 11.2 Å². The van der Waals surface area contributed by atoms with Crippen LogP contribution in [0.5, 0.6) is 0 Å². The average molecular weight is 246 g/mol. The van der Waals surface area contributed by atoms with Gasteiger partial charge in [-0.1, -0.05) is 6.07 Å². The maximum atomic E-state index is 9.99. The molecule has 18 heavy (non-hydrogen) atoms. The molecule has 0 saturated carbocycles. The van der Waals surface area contributed by atoms with Crippen LogP contribution in [0.25, 0.3) is 5.65 Å². The highest BCUT2D eigenvalue weighted by molar-refractivity contribution is 6.46. The van der Waals surface area contributed by atoms with E-state index in [1.165, 1.54) is 6.33 Å². The number of hydrogen-bond acceptors (Lipinski definition) is 4. The summed E-state index contributed by atoms with van der Waals surface area (Å²) in [4.78, 5) is 4.07. The maximum Gasteiger partial charge on any atom is 0.332 e. The Balaban J connectivity index is 2.10. The Morgan fingerprint density at radius 3 is 2.67 bits per heavy atom. The van der Waals surface area contributed by atoms with Gasteiger partial charge in [-0.3, -0.25) is 0 Å². The summed E-state index contributed by atoms with van der Waals surface area (Å²) in [5.41, 5.74) is 0.0461. The summed E-state index contributed by atoms with van der Waals surface area (Å²) in [6.07, 6.45) is 3.32. The van der Waals surface area contributed by atoms with E-state index >= 15 is 0 Å². The van der Waals surface area contributed by atoms with Crippen molar-refractivity contribution in [2.24, 2.45) is 0 Å². The molecule has 0 fully saturated rings. The number of aromatic nitrogens is 3. The van der Waals surface area contributed by atoms with Crippen molar-refractivity contribution in [1.29, 1.82) is 0 Å². The molecule has 0 spiro atoms. The molecule has 0 atom stereocenters. The third kappa shape index (κ3) is 2.54. The molecule has 2 aromatic rings. The van der Waals surface area contributed by atoms with Gasteiger partial charge in [0.15, 0.2) is 5.65 Å². The van der Waals surface area contributed by atoms with E-state index in [4.69, 9.17) is 4.65 Å². The van der Waals surface area contributed by atoms with Crippen molar-refractivity contribution in [3.05, 3.63) is 24.7 Å². The summed E-state index contributed by atoms with van der Waals surface area (Å²) < 4.78 is 7.34. The summed E-state index contributed by atoms with van der Waals surface area (Å²) in [5, 5.41) is 14.0. The predicted molar refractivity (Wildman–Crippen MR) is 69.8 cm³/mol. The fourth-order valence-electron chi connectivity index (χ4n) is 1.26. The van der Waals surface area contributed by atoms with Crippen LogP contribution in [0.4, 0.5) is 0 Å². The lowest BCUT2D eigenvalue weighted by molar-refractivity contribution is -0.0893. The zero-order valence-corrected chi connectivity index (χ0v) is 11.1. The van der Waals surface area contributed by atoms with Crippen molar-refractivity contribution >= 4 is 18.6 Å². The van der Waals surface area contributed by atoms with E-state index in [1.807, 2.05) is 32.2 Å². The fraction of sp³-hybridized carbons (Fsp3) is 0.500. The molecule has 0 bridgehead atoms. The van der Waals surface area contributed by atoms with Gasteiger partial charge in [0.05, 0.1) is 11.2 Å². The Morgan fingerprint density at radius 1 is 1.28 bits per heavy atom. The third-order valence-corrected chi connectivity index (χ3v) is 3.26. The standard InChI is InChI=1S/C12H17BN3O2/c1-11(2,17)12(3,4)18-13-9-5-6-10-14-8-15-16(10)7-9/h5-8,17H,1-4H3. The molecule has 0 saturated heterocycles. The van der Waals surface area contributed by atoms with Crippen molar-refractivity contribution in [3.63, 3.8) is 0 Å². The second-order valence-corrected chi connectivity index (χ2v) is 5.33. The molecule has 0 aliphatic heterocycles. The molecule has 2 aromatic heterocycles. The molecule has 0 unspecified atom stereocenters. The van der Waals surface area contributed by atoms with Crippen LogP contribution < -0.4 is 5.46 Å². The topological polar surface area (TPSA) is 59.7 Å². The number of fused-ring (bicyclic) bond motifs is 1. The molecule has 95 valence electrons. The lowest BCUT2D eigenvalue weighted by Gasteiger charge is -2.37. The van der Waals surface area contributed by atoms with Crippen molar-refractivity contribution in [2.75, 3.05) is 0 Å². The monoisotopic (exact) mass is 246 g/mol. The second kappa shape index (κ2) is 4.37. The van der Waals surface area contributed by atoms with Gasteiger partial charge in [0.1, 0.15) is 6.33 Å². The number of aliphatic hydroxyl groups is 1. The van der Waals surface area contributed by atoms with Gasteiger partial charge < -0.3 is 9.76 Å². The molecule has 0 aliphatic carbocycles. The lowest BCUT2D eigenvalue weighted by atomic mass is 9.83. The van der Waals surface area contributed by atoms with Crippen molar-refractivity contribution < 1.29 is 9.76 Å². The first-order chi connectivity index (χ1) is 8.29. The van der Waals surface area contributed by atoms with Crippen molar-refractivity contribution in [1.82, 2.24) is 14.6 Å². The minimum absolute atomic E-state index is 0.676. The summed E-state index contributed by atoms with van der Waals surface area (Å²) in [6, 6.07) is 3.75. The number of rotatable bonds is 4. The van der Waals surface area contributed by atoms with Crippen LogP contribution in [0.3, 0.4) is 0 Å². The Morgan fingerprint density at radius 2 is 2.00 bits per heavy atom. The van der Waals surface area contributed by atoms with Gasteiger partial charge in [0.2, 0.25) is 0 Å². The predicted octanol–water partition coefficient (Wildman–Crippen LogP) is 0.540. The normalized spacial score (nSPS) is 12.9. The fourth-order valence-corrected chi connectivity index (χ4v) is 1.26. The number of nitrogens with zero attached hydrogens (tertiary/aromatic N) is 3. The van der Waals surface area contributed by atoms with Crippen LogP contribution in [0, 0.1) is 0 Å². The summed E-state index contributed by atoms with van der Waals surface area (Å²) in [5.74, 6) is 0. The Bertz CT molecular complexity index is 545. The Labute approximate surface area is 107 Å². The summed E-state index contributed by atoms with van der Waals surface area (Å²) in [6.45, 7) is 7.14. The largest absolute Gasteiger partial charge is 0.427 e. The first-order valence-corrected chi connectivity index (χ1v) is 5.82. The number of pyridine rings is 1. The van der Waals surface area contributed by atoms with Gasteiger partial charge in [-0.25, -0.2) is 9.50 Å². The molecule has 6 heteroatoms. The zero-order chi connectivity index (χ0) is 13.4. The molecule has 5 nitrogen and oxygen atoms in total. The molecule has 0 amide bonds. The molecule has 0 aromatic carbocycles. The van der Waals surface area contributed by atoms with E-state index in [9.17, 15) is 5.11 Å². The lowest BCUT2D eigenvalue weighted by Crippen LogP contribution is -2.49. The van der Waals surface area contributed by atoms with Crippen LogP contribution in [-0.4, -0.2) is 38.4 Å². The highest BCUT2D eigenvalue weighted by atomic mass is 16.5. The van der Waals surface area contributed by atoms with Gasteiger partial charge >= 0.3 is 7.48 Å². The SMILES string of the molecule is CC(C)(O)C(C)(C)O[B]c1ccc2ncnn2c1. The molecule has 2 rings (SSSR count). The Hall–Kier alpha value is -1.40. The van der Waals surface area contributed by atoms with Gasteiger partial charge in [-0.15, -0.1) is 0 Å². The van der Waals surface area contributed by atoms with Gasteiger partial charge in [0, 0.05) is 6.20 Å². The smallest absolute Gasteiger partial charge is 0.332 e. The summed E-state index contributed by atoms with van der Waals surface area (Å²) >= 11 is 0. The quantitative estimate of drug-likeness (QED) is 0.800. The maximum absolute atomic E-state index is 9.99. The van der Waals surface area contributed by atoms with E-state index in [0.29, 0.717) is 0 Å². The van der Waals surface area contributed by atoms with E-state index in [1.54, 1.807) is 25.8 Å². The first-order valence-electron chi connectivity index (χ1n) is 5.82. The van der Waals surface area contributed by atoms with E-state index in [-0.39, 0.29) is 0 Å². The van der Waals surface area contributed by atoms with Crippen LogP contribution in [0.15, 0.2) is 24.7 Å². The van der Waals surface area contributed by atoms with Crippen LogP contribution in [0.1, 0.15) is 27.7 Å². The second-order valence-electron chi connectivity index (χ2n) is 5.33. The molecule has 0 aliphatic rings. The van der Waals surface area contributed by atoms with Crippen LogP contribution >= 0.6 is 0 Å². The van der Waals surface area contributed by atoms with Gasteiger partial charge in [-0.05, 0) is 39.2 Å². The third-order valence-electron chi connectivity index (χ3n) is 3.26. The highest BCUT2D eigenvalue weighted by Gasteiger charge is 2.35. The Kier molecular flexibility index (Phi) is 3.17. The molecular formula is C12H17BN3O2. The van der Waals surface area contributed by atoms with Crippen LogP contribution in [-0.2, 0) is 4.65 Å². The van der Waals surface area contributed by atoms with E-state index in [2.05, 4.69) is 10.1 Å². The van der Waals surface area contributed by atoms with Crippen LogP contribution in [0.2, 0.25) is 0 Å². The molecule has 2 heterocycles. The van der Waals surface area contributed by atoms with Gasteiger partial charge in [-0.2, -0.15) is 5.10 Å². The first kappa shape index (κ1) is 13.0. The van der Waals surface area contributed by atoms with Crippen molar-refractivity contribution in [2.45, 2.75) is 38.9 Å². The minimum Gasteiger partial charge on any atom is -0.427 e. The molecule has 1 N–H and O–H groups in total. The average Bonchev–Trinajstić information content (AvgIpc) is 2.71. The number of hydrogen-bond donors (Lipinski definition) is 1. The van der Waals surface area contributed by atoms with Gasteiger partial charge in [0.25, 0.3) is 0 Å². The zero-order valence-electron chi connectivity index (χ0n) is 11.1. The minimum atomic E-state index is -0.930. The van der Waals surface area contributed by atoms with E-state index in [0.717, 1.165) is 11.1 Å². The molecular weight excluding hydrogens is 229 g/mol.